The Balaban J connectivity index is 1.55. The van der Waals surface area contributed by atoms with Gasteiger partial charge in [-0.15, -0.1) is 0 Å². The third kappa shape index (κ3) is 5.13. The number of nitrogens with one attached hydrogen (secondary N) is 2. The third-order valence-corrected chi connectivity index (χ3v) is 7.91. The first-order valence-corrected chi connectivity index (χ1v) is 12.4. The van der Waals surface area contributed by atoms with Gasteiger partial charge in [0.25, 0.3) is 0 Å². The number of aryl methyl sites for hydroxylation is 2. The minimum Gasteiger partial charge on any atom is -0.359 e. The molecule has 1 heterocycles. The predicted molar refractivity (Wildman–Crippen MR) is 124 cm³/mol. The number of thiazole rings is 1. The van der Waals surface area contributed by atoms with Crippen molar-refractivity contribution < 1.29 is 13.0 Å². The van der Waals surface area contributed by atoms with Crippen molar-refractivity contribution in [2.75, 3.05) is 10.0 Å². The standard InChI is InChI=1S/C23H25F2N3OS2/c1-14-8-9-16(12-21(14)31(29)28-18-10-11-19(24)20(25)13-18)22-15(2)26-23(30-22)27-17-6-4-3-5-7-17/h8-13,17,28H,3-7H2,1-2H3,(H,26,27). The quantitative estimate of drug-likeness (QED) is 0.436. The number of hydrogen-bond acceptors (Lipinski definition) is 4. The van der Waals surface area contributed by atoms with Gasteiger partial charge in [0.1, 0.15) is 0 Å². The van der Waals surface area contributed by atoms with Crippen LogP contribution in [-0.2, 0) is 11.0 Å². The smallest absolute Gasteiger partial charge is 0.183 e. The van der Waals surface area contributed by atoms with Crippen molar-refractivity contribution in [1.82, 2.24) is 4.98 Å². The van der Waals surface area contributed by atoms with Crippen LogP contribution in [0.3, 0.4) is 0 Å². The van der Waals surface area contributed by atoms with Crippen LogP contribution >= 0.6 is 11.3 Å². The summed E-state index contributed by atoms with van der Waals surface area (Å²) in [6, 6.07) is 9.66. The average Bonchev–Trinajstić information content (AvgIpc) is 3.11. The van der Waals surface area contributed by atoms with E-state index in [-0.39, 0.29) is 5.69 Å². The van der Waals surface area contributed by atoms with E-state index in [0.29, 0.717) is 10.9 Å². The highest BCUT2D eigenvalue weighted by Crippen LogP contribution is 2.35. The van der Waals surface area contributed by atoms with E-state index in [0.717, 1.165) is 39.0 Å². The minimum atomic E-state index is -1.62. The molecule has 0 bridgehead atoms. The molecule has 2 aromatic carbocycles. The maximum atomic E-state index is 13.5. The monoisotopic (exact) mass is 461 g/mol. The highest BCUT2D eigenvalue weighted by Gasteiger charge is 2.18. The lowest BCUT2D eigenvalue weighted by atomic mass is 9.96. The van der Waals surface area contributed by atoms with E-state index in [1.807, 2.05) is 32.0 Å². The second-order valence-corrected chi connectivity index (χ2v) is 10.1. The minimum absolute atomic E-state index is 0.259. The van der Waals surface area contributed by atoms with Crippen LogP contribution in [0.4, 0.5) is 19.6 Å². The zero-order valence-corrected chi connectivity index (χ0v) is 19.1. The highest BCUT2D eigenvalue weighted by molar-refractivity contribution is 7.86. The molecule has 1 saturated carbocycles. The lowest BCUT2D eigenvalue weighted by Gasteiger charge is -2.22. The van der Waals surface area contributed by atoms with Crippen LogP contribution in [0.2, 0.25) is 0 Å². The molecule has 3 aromatic rings. The van der Waals surface area contributed by atoms with Crippen LogP contribution in [0.5, 0.6) is 0 Å². The van der Waals surface area contributed by atoms with Gasteiger partial charge in [0.15, 0.2) is 27.8 Å². The Morgan fingerprint density at radius 2 is 1.81 bits per heavy atom. The zero-order chi connectivity index (χ0) is 22.0. The summed E-state index contributed by atoms with van der Waals surface area (Å²) in [5.74, 6) is -1.92. The number of aromatic nitrogens is 1. The number of anilines is 2. The largest absolute Gasteiger partial charge is 0.359 e. The number of nitrogens with zero attached hydrogens (tertiary/aromatic N) is 1. The van der Waals surface area contributed by atoms with Gasteiger partial charge in [-0.3, -0.25) is 0 Å². The SMILES string of the molecule is Cc1ccc(-c2sc(NC3CCCCC3)nc2C)cc1S(=O)Nc1ccc(F)c(F)c1. The van der Waals surface area contributed by atoms with Crippen molar-refractivity contribution >= 4 is 33.1 Å². The lowest BCUT2D eigenvalue weighted by molar-refractivity contribution is 0.462. The molecule has 8 heteroatoms. The molecule has 1 aliphatic carbocycles. The maximum Gasteiger partial charge on any atom is 0.183 e. The molecule has 1 atom stereocenters. The number of halogens is 2. The Kier molecular flexibility index (Phi) is 6.67. The first-order chi connectivity index (χ1) is 14.9. The van der Waals surface area contributed by atoms with Crippen molar-refractivity contribution in [3.05, 3.63) is 59.3 Å². The molecular formula is C23H25F2N3OS2. The highest BCUT2D eigenvalue weighted by atomic mass is 32.2. The third-order valence-electron chi connectivity index (χ3n) is 5.51. The number of rotatable bonds is 6. The van der Waals surface area contributed by atoms with Crippen molar-refractivity contribution in [2.24, 2.45) is 0 Å². The number of benzene rings is 2. The first-order valence-electron chi connectivity index (χ1n) is 10.4. The molecule has 1 fully saturated rings. The van der Waals surface area contributed by atoms with Crippen LogP contribution in [0.15, 0.2) is 41.3 Å². The molecule has 1 unspecified atom stereocenters. The second kappa shape index (κ2) is 9.44. The van der Waals surface area contributed by atoms with Gasteiger partial charge in [0.2, 0.25) is 0 Å². The predicted octanol–water partition coefficient (Wildman–Crippen LogP) is 6.58. The Morgan fingerprint density at radius 1 is 1.03 bits per heavy atom. The Bertz CT molecular complexity index is 1110. The molecule has 0 aliphatic heterocycles. The Hall–Kier alpha value is -2.32. The Morgan fingerprint density at radius 3 is 2.55 bits per heavy atom. The molecule has 1 aliphatic rings. The van der Waals surface area contributed by atoms with Gasteiger partial charge in [0.05, 0.1) is 15.5 Å². The average molecular weight is 462 g/mol. The molecule has 0 radical (unpaired) electrons. The van der Waals surface area contributed by atoms with Crippen LogP contribution in [0.25, 0.3) is 10.4 Å². The van der Waals surface area contributed by atoms with Gasteiger partial charge in [0, 0.05) is 17.8 Å². The van der Waals surface area contributed by atoms with Crippen molar-refractivity contribution in [1.29, 1.82) is 0 Å². The lowest BCUT2D eigenvalue weighted by Crippen LogP contribution is -2.21. The van der Waals surface area contributed by atoms with Gasteiger partial charge in [-0.2, -0.15) is 0 Å². The van der Waals surface area contributed by atoms with E-state index in [1.54, 1.807) is 11.3 Å². The summed E-state index contributed by atoms with van der Waals surface area (Å²) < 4.78 is 42.3. The molecule has 164 valence electrons. The summed E-state index contributed by atoms with van der Waals surface area (Å²) in [5.41, 5.74) is 2.97. The Labute approximate surface area is 187 Å². The normalized spacial score (nSPS) is 15.6. The molecular weight excluding hydrogens is 436 g/mol. The second-order valence-electron chi connectivity index (χ2n) is 7.89. The van der Waals surface area contributed by atoms with Crippen molar-refractivity contribution in [3.63, 3.8) is 0 Å². The summed E-state index contributed by atoms with van der Waals surface area (Å²) in [6.45, 7) is 3.85. The fourth-order valence-electron chi connectivity index (χ4n) is 3.81. The molecule has 31 heavy (non-hydrogen) atoms. The summed E-state index contributed by atoms with van der Waals surface area (Å²) >= 11 is 1.61. The van der Waals surface area contributed by atoms with E-state index in [4.69, 9.17) is 4.98 Å². The molecule has 4 nitrogen and oxygen atoms in total. The molecule has 0 amide bonds. The van der Waals surface area contributed by atoms with Crippen molar-refractivity contribution in [3.8, 4) is 10.4 Å². The van der Waals surface area contributed by atoms with E-state index >= 15 is 0 Å². The molecule has 1 aromatic heterocycles. The molecule has 0 saturated heterocycles. The van der Waals surface area contributed by atoms with Gasteiger partial charge in [-0.25, -0.2) is 18.0 Å². The van der Waals surface area contributed by atoms with E-state index in [2.05, 4.69) is 10.0 Å². The van der Waals surface area contributed by atoms with Gasteiger partial charge in [-0.1, -0.05) is 42.7 Å². The maximum absolute atomic E-state index is 13.5. The summed E-state index contributed by atoms with van der Waals surface area (Å²) in [4.78, 5) is 6.33. The van der Waals surface area contributed by atoms with Crippen LogP contribution in [0.1, 0.15) is 43.4 Å². The van der Waals surface area contributed by atoms with E-state index in [1.165, 1.54) is 38.2 Å². The fraction of sp³-hybridized carbons (Fsp3) is 0.348. The van der Waals surface area contributed by atoms with E-state index < -0.39 is 22.6 Å². The van der Waals surface area contributed by atoms with Crippen molar-refractivity contribution in [2.45, 2.75) is 56.9 Å². The molecule has 4 rings (SSSR count). The van der Waals surface area contributed by atoms with Crippen LogP contribution < -0.4 is 10.0 Å². The fourth-order valence-corrected chi connectivity index (χ4v) is 5.90. The molecule has 2 N–H and O–H groups in total. The summed E-state index contributed by atoms with van der Waals surface area (Å²) in [5, 5.41) is 4.49. The summed E-state index contributed by atoms with van der Waals surface area (Å²) in [6.07, 6.45) is 6.18. The van der Waals surface area contributed by atoms with Crippen LogP contribution in [-0.4, -0.2) is 15.2 Å². The number of hydrogen-bond donors (Lipinski definition) is 2. The molecule has 0 spiro atoms. The first kappa shape index (κ1) is 21.9. The van der Waals surface area contributed by atoms with E-state index in [9.17, 15) is 13.0 Å². The topological polar surface area (TPSA) is 54.0 Å². The summed E-state index contributed by atoms with van der Waals surface area (Å²) in [7, 11) is -1.62. The van der Waals surface area contributed by atoms with Gasteiger partial charge >= 0.3 is 0 Å². The van der Waals surface area contributed by atoms with Crippen LogP contribution in [0, 0.1) is 25.5 Å². The zero-order valence-electron chi connectivity index (χ0n) is 17.5. The van der Waals surface area contributed by atoms with Gasteiger partial charge in [-0.05, 0) is 56.0 Å². The van der Waals surface area contributed by atoms with Gasteiger partial charge < -0.3 is 10.0 Å².